The van der Waals surface area contributed by atoms with Crippen molar-refractivity contribution >= 4 is 5.91 Å². The second-order valence-corrected chi connectivity index (χ2v) is 7.85. The fraction of sp³-hybridized carbons (Fsp3) is 0.240. The number of carbonyl (C=O) groups excluding carboxylic acids is 1. The maximum absolute atomic E-state index is 12.6. The second kappa shape index (κ2) is 9.51. The van der Waals surface area contributed by atoms with E-state index in [2.05, 4.69) is 40.5 Å². The fourth-order valence-electron chi connectivity index (χ4n) is 3.52. The molecule has 0 atom stereocenters. The minimum atomic E-state index is -0.121. The minimum Gasteiger partial charge on any atom is -0.486 e. The van der Waals surface area contributed by atoms with Crippen LogP contribution in [0.1, 0.15) is 38.7 Å². The molecule has 4 rings (SSSR count). The molecule has 0 aliphatic heterocycles. The normalized spacial score (nSPS) is 10.8. The summed E-state index contributed by atoms with van der Waals surface area (Å²) in [4.78, 5) is 16.8. The highest BCUT2D eigenvalue weighted by molar-refractivity contribution is 5.94. The lowest BCUT2D eigenvalue weighted by Crippen LogP contribution is -2.22. The summed E-state index contributed by atoms with van der Waals surface area (Å²) in [6.07, 6.45) is 3.61. The molecule has 32 heavy (non-hydrogen) atoms. The van der Waals surface area contributed by atoms with E-state index in [0.717, 1.165) is 28.3 Å². The average molecular weight is 430 g/mol. The maximum Gasteiger partial charge on any atom is 0.251 e. The zero-order chi connectivity index (χ0) is 22.5. The summed E-state index contributed by atoms with van der Waals surface area (Å²) >= 11 is 0. The van der Waals surface area contributed by atoms with E-state index in [9.17, 15) is 4.79 Å². The third-order valence-corrected chi connectivity index (χ3v) is 5.29. The lowest BCUT2D eigenvalue weighted by molar-refractivity contribution is 0.0951. The van der Waals surface area contributed by atoms with E-state index in [4.69, 9.17) is 4.74 Å². The largest absolute Gasteiger partial charge is 0.486 e. The van der Waals surface area contributed by atoms with Gasteiger partial charge in [0, 0.05) is 37.2 Å². The Morgan fingerprint density at radius 3 is 2.53 bits per heavy atom. The van der Waals surface area contributed by atoms with Crippen LogP contribution >= 0.6 is 0 Å². The molecule has 0 bridgehead atoms. The van der Waals surface area contributed by atoms with Crippen LogP contribution in [-0.2, 0) is 26.7 Å². The predicted molar refractivity (Wildman–Crippen MR) is 122 cm³/mol. The summed E-state index contributed by atoms with van der Waals surface area (Å²) in [5.41, 5.74) is 4.94. The standard InChI is InChI=1S/C25H27N5O2/c1-18-13-19(2)30(28-18)16-21-6-4-5-20(14-21)15-27-25(31)22-7-9-23(10-8-22)32-17-24-26-11-12-29(24)3/h4-14H,15-17H2,1-3H3,(H,27,31). The van der Waals surface area contributed by atoms with Crippen LogP contribution in [0.5, 0.6) is 5.75 Å². The van der Waals surface area contributed by atoms with Gasteiger partial charge in [-0.1, -0.05) is 24.3 Å². The molecule has 0 saturated heterocycles. The molecule has 1 N–H and O–H groups in total. The van der Waals surface area contributed by atoms with Crippen LogP contribution < -0.4 is 10.1 Å². The number of hydrogen-bond donors (Lipinski definition) is 1. The highest BCUT2D eigenvalue weighted by atomic mass is 16.5. The van der Waals surface area contributed by atoms with Gasteiger partial charge in [0.2, 0.25) is 0 Å². The Morgan fingerprint density at radius 1 is 1.06 bits per heavy atom. The van der Waals surface area contributed by atoms with Gasteiger partial charge in [-0.3, -0.25) is 9.48 Å². The number of aromatic nitrogens is 4. The van der Waals surface area contributed by atoms with E-state index in [0.29, 0.717) is 31.0 Å². The quantitative estimate of drug-likeness (QED) is 0.462. The van der Waals surface area contributed by atoms with Crippen LogP contribution in [0, 0.1) is 13.8 Å². The molecule has 2 aromatic heterocycles. The zero-order valence-corrected chi connectivity index (χ0v) is 18.6. The first-order valence-corrected chi connectivity index (χ1v) is 10.5. The summed E-state index contributed by atoms with van der Waals surface area (Å²) in [7, 11) is 1.92. The van der Waals surface area contributed by atoms with Gasteiger partial charge >= 0.3 is 0 Å². The van der Waals surface area contributed by atoms with Crippen molar-refractivity contribution in [2.75, 3.05) is 0 Å². The van der Waals surface area contributed by atoms with Gasteiger partial charge in [0.05, 0.1) is 12.2 Å². The van der Waals surface area contributed by atoms with Gasteiger partial charge in [-0.05, 0) is 55.3 Å². The van der Waals surface area contributed by atoms with Crippen molar-refractivity contribution in [3.8, 4) is 5.75 Å². The molecule has 0 spiro atoms. The van der Waals surface area contributed by atoms with Crippen LogP contribution in [0.2, 0.25) is 0 Å². The molecule has 0 aliphatic carbocycles. The lowest BCUT2D eigenvalue weighted by atomic mass is 10.1. The first kappa shape index (κ1) is 21.4. The number of rotatable bonds is 8. The number of nitrogens with zero attached hydrogens (tertiary/aromatic N) is 4. The summed E-state index contributed by atoms with van der Waals surface area (Å²) in [6.45, 7) is 5.60. The van der Waals surface area contributed by atoms with Gasteiger partial charge < -0.3 is 14.6 Å². The van der Waals surface area contributed by atoms with E-state index in [1.165, 1.54) is 0 Å². The molecule has 0 saturated carbocycles. The first-order chi connectivity index (χ1) is 15.5. The molecule has 7 heteroatoms. The molecular weight excluding hydrogens is 402 g/mol. The summed E-state index contributed by atoms with van der Waals surface area (Å²) in [5.74, 6) is 1.41. The minimum absolute atomic E-state index is 0.121. The average Bonchev–Trinajstić information content (AvgIpc) is 3.34. The molecule has 0 fully saturated rings. The fourth-order valence-corrected chi connectivity index (χ4v) is 3.52. The summed E-state index contributed by atoms with van der Waals surface area (Å²) in [5, 5.41) is 7.51. The number of nitrogens with one attached hydrogen (secondary N) is 1. The predicted octanol–water partition coefficient (Wildman–Crippen LogP) is 3.79. The number of aryl methyl sites for hydroxylation is 3. The van der Waals surface area contributed by atoms with Crippen LogP contribution in [-0.4, -0.2) is 25.2 Å². The topological polar surface area (TPSA) is 74.0 Å². The number of ether oxygens (including phenoxy) is 1. The Kier molecular flexibility index (Phi) is 6.35. The Morgan fingerprint density at radius 2 is 1.84 bits per heavy atom. The molecule has 1 amide bonds. The number of amides is 1. The van der Waals surface area contributed by atoms with Crippen molar-refractivity contribution in [3.05, 3.63) is 101 Å². The van der Waals surface area contributed by atoms with Crippen LogP contribution in [0.25, 0.3) is 0 Å². The van der Waals surface area contributed by atoms with Gasteiger partial charge in [0.25, 0.3) is 5.91 Å². The molecular formula is C25H27N5O2. The Labute approximate surface area is 187 Å². The van der Waals surface area contributed by atoms with E-state index >= 15 is 0 Å². The van der Waals surface area contributed by atoms with Crippen LogP contribution in [0.15, 0.2) is 67.0 Å². The van der Waals surface area contributed by atoms with Crippen molar-refractivity contribution in [2.45, 2.75) is 33.5 Å². The highest BCUT2D eigenvalue weighted by Gasteiger charge is 2.08. The molecule has 2 aromatic carbocycles. The Hall–Kier alpha value is -3.87. The molecule has 0 radical (unpaired) electrons. The third kappa shape index (κ3) is 5.24. The van der Waals surface area contributed by atoms with Gasteiger partial charge in [-0.15, -0.1) is 0 Å². The Balaban J connectivity index is 1.31. The number of benzene rings is 2. The van der Waals surface area contributed by atoms with Crippen LogP contribution in [0.4, 0.5) is 0 Å². The van der Waals surface area contributed by atoms with Crippen molar-refractivity contribution in [1.29, 1.82) is 0 Å². The number of carbonyl (C=O) groups is 1. The van der Waals surface area contributed by atoms with Crippen molar-refractivity contribution in [3.63, 3.8) is 0 Å². The van der Waals surface area contributed by atoms with E-state index in [1.807, 2.05) is 41.5 Å². The van der Waals surface area contributed by atoms with Gasteiger partial charge in [-0.25, -0.2) is 4.98 Å². The van der Waals surface area contributed by atoms with Gasteiger partial charge in [-0.2, -0.15) is 5.10 Å². The molecule has 0 unspecified atom stereocenters. The monoisotopic (exact) mass is 429 g/mol. The number of imidazole rings is 1. The zero-order valence-electron chi connectivity index (χ0n) is 18.6. The van der Waals surface area contributed by atoms with Crippen molar-refractivity contribution in [2.24, 2.45) is 7.05 Å². The van der Waals surface area contributed by atoms with Gasteiger partial charge in [0.15, 0.2) is 0 Å². The Bertz CT molecular complexity index is 1210. The second-order valence-electron chi connectivity index (χ2n) is 7.85. The van der Waals surface area contributed by atoms with E-state index in [-0.39, 0.29) is 5.91 Å². The van der Waals surface area contributed by atoms with Crippen molar-refractivity contribution < 1.29 is 9.53 Å². The first-order valence-electron chi connectivity index (χ1n) is 10.5. The molecule has 4 aromatic rings. The van der Waals surface area contributed by atoms with Crippen LogP contribution in [0.3, 0.4) is 0 Å². The highest BCUT2D eigenvalue weighted by Crippen LogP contribution is 2.14. The van der Waals surface area contributed by atoms with Gasteiger partial charge in [0.1, 0.15) is 18.2 Å². The number of hydrogen-bond acceptors (Lipinski definition) is 4. The summed E-state index contributed by atoms with van der Waals surface area (Å²) in [6, 6.07) is 17.4. The summed E-state index contributed by atoms with van der Waals surface area (Å²) < 4.78 is 9.65. The molecule has 7 nitrogen and oxygen atoms in total. The SMILES string of the molecule is Cc1cc(C)n(Cc2cccc(CNC(=O)c3ccc(OCc4nccn4C)cc3)c2)n1. The molecule has 0 aliphatic rings. The molecule has 164 valence electrons. The third-order valence-electron chi connectivity index (χ3n) is 5.29. The van der Waals surface area contributed by atoms with E-state index in [1.54, 1.807) is 30.5 Å². The smallest absolute Gasteiger partial charge is 0.251 e. The van der Waals surface area contributed by atoms with E-state index < -0.39 is 0 Å². The lowest BCUT2D eigenvalue weighted by Gasteiger charge is -2.10. The molecule has 2 heterocycles. The maximum atomic E-state index is 12.6. The van der Waals surface area contributed by atoms with Crippen molar-refractivity contribution in [1.82, 2.24) is 24.6 Å².